The number of piperidine rings is 1. The van der Waals surface area contributed by atoms with E-state index in [1.54, 1.807) is 44.6 Å². The van der Waals surface area contributed by atoms with Gasteiger partial charge in [-0.2, -0.15) is 0 Å². The number of aryl methyl sites for hydroxylation is 1. The van der Waals surface area contributed by atoms with Crippen LogP contribution in [0, 0.1) is 11.8 Å². The molecule has 2 fully saturated rings. The Kier molecular flexibility index (Phi) is 12.2. The van der Waals surface area contributed by atoms with Crippen molar-refractivity contribution in [3.05, 3.63) is 53.6 Å². The minimum atomic E-state index is -1.12. The van der Waals surface area contributed by atoms with Gasteiger partial charge in [0.1, 0.15) is 17.9 Å². The number of likely N-dealkylation sites (tertiary alicyclic amines) is 1. The van der Waals surface area contributed by atoms with Gasteiger partial charge in [0.2, 0.25) is 5.78 Å². The Bertz CT molecular complexity index is 1340. The molecular weight excluding hydrogens is 582 g/mol. The number of carbonyl (C=O) groups is 4. The molecule has 244 valence electrons. The maximum Gasteiger partial charge on any atom is 0.341 e. The minimum absolute atomic E-state index is 0.147. The van der Waals surface area contributed by atoms with Crippen LogP contribution in [0.1, 0.15) is 68.6 Å². The molecule has 4 rings (SSSR count). The molecule has 2 aromatic carbocycles. The van der Waals surface area contributed by atoms with E-state index >= 15 is 0 Å². The molecule has 1 amide bonds. The van der Waals surface area contributed by atoms with Crippen LogP contribution in [0.15, 0.2) is 42.5 Å². The summed E-state index contributed by atoms with van der Waals surface area (Å²) in [5.74, 6) is -2.28. The zero-order valence-corrected chi connectivity index (χ0v) is 25.9. The molecule has 0 aromatic heterocycles. The topological polar surface area (TPSA) is 149 Å². The molecule has 0 spiro atoms. The molecule has 1 saturated heterocycles. The molecule has 0 radical (unpaired) electrons. The standard InChI is InChI=1S/C34H43NO10/c1-42-29-16-14-22(18-30(29)43-2)13-15-28(23-9-7-10-25(19-23)44-21-31(37)38)45-34(41)27-12-5-6-17-35(27)33(40)32(39)26-11-4-3-8-24(26)20-36/h7,9-10,14,16,18-19,24,26-28,36H,3-6,8,11-13,15,17,20-21H2,1-2H3,(H,37,38)/t24-,26-,27?,28+/m0/s1. The van der Waals surface area contributed by atoms with Gasteiger partial charge < -0.3 is 34.1 Å². The number of Topliss-reactive ketones (excluding diaryl/α,β-unsaturated/α-hetero) is 1. The number of carbonyl (C=O) groups excluding carboxylic acids is 3. The van der Waals surface area contributed by atoms with Crippen molar-refractivity contribution in [2.75, 3.05) is 34.0 Å². The number of esters is 1. The number of carboxylic acid groups (broad SMARTS) is 1. The Morgan fingerprint density at radius 2 is 1.69 bits per heavy atom. The Balaban J connectivity index is 1.55. The lowest BCUT2D eigenvalue weighted by Gasteiger charge is -2.36. The van der Waals surface area contributed by atoms with Crippen molar-refractivity contribution in [1.29, 1.82) is 0 Å². The summed E-state index contributed by atoms with van der Waals surface area (Å²) in [6, 6.07) is 11.4. The van der Waals surface area contributed by atoms with E-state index in [4.69, 9.17) is 24.1 Å². The van der Waals surface area contributed by atoms with Gasteiger partial charge in [-0.05, 0) is 86.3 Å². The van der Waals surface area contributed by atoms with E-state index in [1.807, 2.05) is 12.1 Å². The van der Waals surface area contributed by atoms with E-state index in [1.165, 1.54) is 4.90 Å². The van der Waals surface area contributed by atoms with Crippen LogP contribution in [0.3, 0.4) is 0 Å². The van der Waals surface area contributed by atoms with Crippen molar-refractivity contribution in [3.8, 4) is 17.2 Å². The molecular formula is C34H43NO10. The second-order valence-corrected chi connectivity index (χ2v) is 11.6. The van der Waals surface area contributed by atoms with Crippen LogP contribution in [0.4, 0.5) is 0 Å². The Morgan fingerprint density at radius 3 is 2.42 bits per heavy atom. The normalized spacial score (nSPS) is 20.5. The number of aliphatic hydroxyl groups excluding tert-OH is 1. The third kappa shape index (κ3) is 8.75. The first kappa shape index (κ1) is 33.8. The van der Waals surface area contributed by atoms with Crippen LogP contribution in [-0.4, -0.2) is 78.8 Å². The molecule has 1 unspecified atom stereocenters. The average molecular weight is 626 g/mol. The van der Waals surface area contributed by atoms with Gasteiger partial charge in [-0.25, -0.2) is 9.59 Å². The molecule has 1 aliphatic carbocycles. The van der Waals surface area contributed by atoms with Gasteiger partial charge in [0.15, 0.2) is 18.1 Å². The molecule has 2 N–H and O–H groups in total. The highest BCUT2D eigenvalue weighted by Gasteiger charge is 2.41. The third-order valence-electron chi connectivity index (χ3n) is 8.72. The van der Waals surface area contributed by atoms with Crippen LogP contribution in [0.2, 0.25) is 0 Å². The first-order valence-electron chi connectivity index (χ1n) is 15.6. The number of nitrogens with zero attached hydrogens (tertiary/aromatic N) is 1. The van der Waals surface area contributed by atoms with Crippen molar-refractivity contribution >= 4 is 23.6 Å². The zero-order valence-electron chi connectivity index (χ0n) is 25.9. The highest BCUT2D eigenvalue weighted by molar-refractivity contribution is 6.37. The second kappa shape index (κ2) is 16.3. The Hall–Kier alpha value is -4.12. The van der Waals surface area contributed by atoms with Gasteiger partial charge in [0.05, 0.1) is 14.2 Å². The molecule has 2 aliphatic rings. The van der Waals surface area contributed by atoms with Crippen LogP contribution in [0.5, 0.6) is 17.2 Å². The molecule has 0 bridgehead atoms. The molecule has 1 heterocycles. The summed E-state index contributed by atoms with van der Waals surface area (Å²) in [5, 5.41) is 18.9. The fourth-order valence-corrected chi connectivity index (χ4v) is 6.29. The van der Waals surface area contributed by atoms with Crippen molar-refractivity contribution < 1.29 is 48.3 Å². The smallest absolute Gasteiger partial charge is 0.341 e. The number of amides is 1. The highest BCUT2D eigenvalue weighted by atomic mass is 16.5. The number of aliphatic hydroxyl groups is 1. The van der Waals surface area contributed by atoms with E-state index in [0.29, 0.717) is 67.8 Å². The average Bonchev–Trinajstić information content (AvgIpc) is 3.08. The van der Waals surface area contributed by atoms with E-state index < -0.39 is 48.3 Å². The number of methoxy groups -OCH3 is 2. The molecule has 11 nitrogen and oxygen atoms in total. The van der Waals surface area contributed by atoms with E-state index in [9.17, 15) is 24.3 Å². The summed E-state index contributed by atoms with van der Waals surface area (Å²) in [6.45, 7) is -0.396. The maximum absolute atomic E-state index is 13.8. The quantitative estimate of drug-likeness (QED) is 0.232. The first-order chi connectivity index (χ1) is 21.7. The summed E-state index contributed by atoms with van der Waals surface area (Å²) >= 11 is 0. The van der Waals surface area contributed by atoms with Crippen molar-refractivity contribution in [2.24, 2.45) is 11.8 Å². The van der Waals surface area contributed by atoms with Crippen LogP contribution < -0.4 is 14.2 Å². The second-order valence-electron chi connectivity index (χ2n) is 11.6. The van der Waals surface area contributed by atoms with Gasteiger partial charge >= 0.3 is 11.9 Å². The summed E-state index contributed by atoms with van der Waals surface area (Å²) < 4.78 is 22.3. The van der Waals surface area contributed by atoms with Gasteiger partial charge in [-0.3, -0.25) is 9.59 Å². The predicted octanol–water partition coefficient (Wildman–Crippen LogP) is 4.13. The number of hydrogen-bond donors (Lipinski definition) is 2. The molecule has 45 heavy (non-hydrogen) atoms. The van der Waals surface area contributed by atoms with E-state index in [0.717, 1.165) is 18.4 Å². The monoisotopic (exact) mass is 625 g/mol. The molecule has 4 atom stereocenters. The fraction of sp³-hybridized carbons (Fsp3) is 0.529. The highest BCUT2D eigenvalue weighted by Crippen LogP contribution is 2.34. The van der Waals surface area contributed by atoms with Crippen molar-refractivity contribution in [2.45, 2.75) is 69.9 Å². The van der Waals surface area contributed by atoms with E-state index in [2.05, 4.69) is 0 Å². The number of benzene rings is 2. The largest absolute Gasteiger partial charge is 0.493 e. The van der Waals surface area contributed by atoms with Gasteiger partial charge in [0.25, 0.3) is 5.91 Å². The van der Waals surface area contributed by atoms with Crippen LogP contribution in [0.25, 0.3) is 0 Å². The Labute approximate surface area is 263 Å². The summed E-state index contributed by atoms with van der Waals surface area (Å²) in [6.07, 6.45) is 4.83. The SMILES string of the molecule is COc1ccc(CC[C@@H](OC(=O)C2CCCCN2C(=O)C(=O)[C@H]2CCCC[C@H]2CO)c2cccc(OCC(=O)O)c2)cc1OC. The fourth-order valence-electron chi connectivity index (χ4n) is 6.29. The predicted molar refractivity (Wildman–Crippen MR) is 163 cm³/mol. The Morgan fingerprint density at radius 1 is 0.933 bits per heavy atom. The number of carboxylic acids is 1. The van der Waals surface area contributed by atoms with Crippen molar-refractivity contribution in [3.63, 3.8) is 0 Å². The number of hydrogen-bond acceptors (Lipinski definition) is 9. The zero-order chi connectivity index (χ0) is 32.3. The number of ether oxygens (including phenoxy) is 4. The lowest BCUT2D eigenvalue weighted by atomic mass is 9.77. The number of ketones is 1. The minimum Gasteiger partial charge on any atom is -0.493 e. The lowest BCUT2D eigenvalue weighted by Crippen LogP contribution is -2.53. The molecule has 11 heteroatoms. The first-order valence-corrected chi connectivity index (χ1v) is 15.6. The number of aliphatic carboxylic acids is 1. The molecule has 1 saturated carbocycles. The third-order valence-corrected chi connectivity index (χ3v) is 8.72. The molecule has 1 aliphatic heterocycles. The number of rotatable bonds is 14. The van der Waals surface area contributed by atoms with Crippen molar-refractivity contribution in [1.82, 2.24) is 4.90 Å². The maximum atomic E-state index is 13.8. The summed E-state index contributed by atoms with van der Waals surface area (Å²) in [5.41, 5.74) is 1.52. The van der Waals surface area contributed by atoms with Gasteiger partial charge in [-0.15, -0.1) is 0 Å². The summed E-state index contributed by atoms with van der Waals surface area (Å²) in [4.78, 5) is 53.1. The summed E-state index contributed by atoms with van der Waals surface area (Å²) in [7, 11) is 3.11. The van der Waals surface area contributed by atoms with Crippen LogP contribution >= 0.6 is 0 Å². The van der Waals surface area contributed by atoms with Gasteiger partial charge in [-0.1, -0.05) is 31.0 Å². The van der Waals surface area contributed by atoms with Gasteiger partial charge in [0, 0.05) is 19.1 Å². The van der Waals surface area contributed by atoms with E-state index in [-0.39, 0.29) is 19.1 Å². The lowest BCUT2D eigenvalue weighted by molar-refractivity contribution is -0.164. The van der Waals surface area contributed by atoms with Crippen LogP contribution in [-0.2, 0) is 30.3 Å². The molecule has 2 aromatic rings.